The summed E-state index contributed by atoms with van der Waals surface area (Å²) in [6.45, 7) is 9.34. The summed E-state index contributed by atoms with van der Waals surface area (Å²) in [5.74, 6) is 2.17. The Bertz CT molecular complexity index is 364. The Morgan fingerprint density at radius 3 is 2.82 bits per heavy atom. The second-order valence-electron chi connectivity index (χ2n) is 5.27. The van der Waals surface area contributed by atoms with Gasteiger partial charge in [0.05, 0.1) is 17.6 Å². The van der Waals surface area contributed by atoms with Crippen LogP contribution >= 0.6 is 22.9 Å². The lowest BCUT2D eigenvalue weighted by molar-refractivity contribution is 0.241. The van der Waals surface area contributed by atoms with Crippen LogP contribution in [0.4, 0.5) is 0 Å². The van der Waals surface area contributed by atoms with Gasteiger partial charge in [0.15, 0.2) is 0 Å². The second-order valence-corrected chi connectivity index (χ2v) is 6.43. The van der Waals surface area contributed by atoms with Crippen molar-refractivity contribution in [2.75, 3.05) is 13.1 Å². The number of thiazole rings is 1. The Kier molecular flexibility index (Phi) is 4.45. The Labute approximate surface area is 113 Å². The molecule has 0 spiro atoms. The van der Waals surface area contributed by atoms with Gasteiger partial charge in [0.2, 0.25) is 0 Å². The van der Waals surface area contributed by atoms with Gasteiger partial charge in [-0.1, -0.05) is 13.8 Å². The predicted molar refractivity (Wildman–Crippen MR) is 74.6 cm³/mol. The zero-order chi connectivity index (χ0) is 12.4. The van der Waals surface area contributed by atoms with Crippen molar-refractivity contribution in [2.24, 2.45) is 11.8 Å². The SMILES string of the molecule is CC(C)C1CCN(C(C)c2nc(CCl)cs2)C1. The number of aromatic nitrogens is 1. The third kappa shape index (κ3) is 3.01. The predicted octanol–water partition coefficient (Wildman–Crippen LogP) is 3.92. The van der Waals surface area contributed by atoms with Gasteiger partial charge in [-0.2, -0.15) is 0 Å². The number of halogens is 1. The summed E-state index contributed by atoms with van der Waals surface area (Å²) in [5.41, 5.74) is 1.01. The standard InChI is InChI=1S/C13H21ClN2S/c1-9(2)11-4-5-16(7-11)10(3)13-15-12(6-14)8-17-13/h8-11H,4-7H2,1-3H3. The van der Waals surface area contributed by atoms with E-state index in [1.807, 2.05) is 0 Å². The van der Waals surface area contributed by atoms with Crippen LogP contribution in [0.5, 0.6) is 0 Å². The molecule has 0 saturated carbocycles. The normalized spacial score (nSPS) is 23.5. The first-order chi connectivity index (χ1) is 8.11. The second kappa shape index (κ2) is 5.68. The zero-order valence-electron chi connectivity index (χ0n) is 10.8. The van der Waals surface area contributed by atoms with Crippen LogP contribution < -0.4 is 0 Å². The smallest absolute Gasteiger partial charge is 0.110 e. The van der Waals surface area contributed by atoms with E-state index in [2.05, 4.69) is 36.0 Å². The van der Waals surface area contributed by atoms with Gasteiger partial charge in [0, 0.05) is 11.9 Å². The molecule has 0 aliphatic carbocycles. The van der Waals surface area contributed by atoms with E-state index in [0.29, 0.717) is 11.9 Å². The fraction of sp³-hybridized carbons (Fsp3) is 0.769. The molecular weight excluding hydrogens is 252 g/mol. The molecule has 0 N–H and O–H groups in total. The maximum Gasteiger partial charge on any atom is 0.110 e. The molecule has 2 heterocycles. The van der Waals surface area contributed by atoms with Gasteiger partial charge in [-0.3, -0.25) is 4.90 Å². The van der Waals surface area contributed by atoms with Crippen molar-refractivity contribution in [3.05, 3.63) is 16.1 Å². The highest BCUT2D eigenvalue weighted by Gasteiger charge is 2.29. The molecule has 0 radical (unpaired) electrons. The van der Waals surface area contributed by atoms with Crippen molar-refractivity contribution in [1.29, 1.82) is 0 Å². The lowest BCUT2D eigenvalue weighted by Gasteiger charge is -2.23. The van der Waals surface area contributed by atoms with E-state index >= 15 is 0 Å². The maximum atomic E-state index is 5.80. The van der Waals surface area contributed by atoms with E-state index in [9.17, 15) is 0 Å². The van der Waals surface area contributed by atoms with Gasteiger partial charge in [-0.15, -0.1) is 22.9 Å². The monoisotopic (exact) mass is 272 g/mol. The highest BCUT2D eigenvalue weighted by molar-refractivity contribution is 7.09. The van der Waals surface area contributed by atoms with E-state index < -0.39 is 0 Å². The topological polar surface area (TPSA) is 16.1 Å². The first-order valence-electron chi connectivity index (χ1n) is 6.36. The van der Waals surface area contributed by atoms with Crippen LogP contribution in [0.15, 0.2) is 5.38 Å². The molecule has 96 valence electrons. The van der Waals surface area contributed by atoms with Crippen LogP contribution in [-0.4, -0.2) is 23.0 Å². The van der Waals surface area contributed by atoms with Gasteiger partial charge in [0.1, 0.15) is 5.01 Å². The van der Waals surface area contributed by atoms with Crippen molar-refractivity contribution >= 4 is 22.9 Å². The Morgan fingerprint density at radius 1 is 1.53 bits per heavy atom. The third-order valence-electron chi connectivity index (χ3n) is 3.81. The number of rotatable bonds is 4. The summed E-state index contributed by atoms with van der Waals surface area (Å²) in [7, 11) is 0. The zero-order valence-corrected chi connectivity index (χ0v) is 12.4. The van der Waals surface area contributed by atoms with Gasteiger partial charge < -0.3 is 0 Å². The summed E-state index contributed by atoms with van der Waals surface area (Å²) in [4.78, 5) is 7.15. The molecular formula is C13H21ClN2S. The molecule has 2 unspecified atom stereocenters. The lowest BCUT2D eigenvalue weighted by atomic mass is 9.95. The Morgan fingerprint density at radius 2 is 2.29 bits per heavy atom. The number of hydrogen-bond acceptors (Lipinski definition) is 3. The highest BCUT2D eigenvalue weighted by atomic mass is 35.5. The van der Waals surface area contributed by atoms with E-state index in [1.165, 1.54) is 24.5 Å². The van der Waals surface area contributed by atoms with E-state index in [4.69, 9.17) is 11.6 Å². The number of nitrogens with zero attached hydrogens (tertiary/aromatic N) is 2. The summed E-state index contributed by atoms with van der Waals surface area (Å²) >= 11 is 7.54. The molecule has 2 atom stereocenters. The fourth-order valence-corrected chi connectivity index (χ4v) is 3.58. The van der Waals surface area contributed by atoms with Crippen molar-refractivity contribution in [3.8, 4) is 0 Å². The first kappa shape index (κ1) is 13.3. The molecule has 1 aromatic heterocycles. The van der Waals surface area contributed by atoms with Crippen LogP contribution in [-0.2, 0) is 5.88 Å². The number of alkyl halides is 1. The van der Waals surface area contributed by atoms with Gasteiger partial charge in [-0.05, 0) is 31.7 Å². The third-order valence-corrected chi connectivity index (χ3v) is 5.15. The molecule has 1 aromatic rings. The summed E-state index contributed by atoms with van der Waals surface area (Å²) < 4.78 is 0. The van der Waals surface area contributed by atoms with Gasteiger partial charge in [-0.25, -0.2) is 4.98 Å². The molecule has 0 amide bonds. The summed E-state index contributed by atoms with van der Waals surface area (Å²) in [6.07, 6.45) is 1.33. The molecule has 2 rings (SSSR count). The van der Waals surface area contributed by atoms with E-state index in [1.54, 1.807) is 11.3 Å². The van der Waals surface area contributed by atoms with Crippen molar-refractivity contribution in [3.63, 3.8) is 0 Å². The van der Waals surface area contributed by atoms with Crippen LogP contribution in [0.2, 0.25) is 0 Å². The Balaban J connectivity index is 1.99. The molecule has 1 aliphatic rings. The van der Waals surface area contributed by atoms with E-state index in [0.717, 1.165) is 17.5 Å². The minimum absolute atomic E-state index is 0.445. The lowest BCUT2D eigenvalue weighted by Crippen LogP contribution is -2.25. The fourth-order valence-electron chi connectivity index (χ4n) is 2.44. The van der Waals surface area contributed by atoms with Crippen LogP contribution in [0.3, 0.4) is 0 Å². The average molecular weight is 273 g/mol. The largest absolute Gasteiger partial charge is 0.294 e. The molecule has 0 bridgehead atoms. The molecule has 17 heavy (non-hydrogen) atoms. The first-order valence-corrected chi connectivity index (χ1v) is 7.77. The molecule has 0 aromatic carbocycles. The van der Waals surface area contributed by atoms with E-state index in [-0.39, 0.29) is 0 Å². The summed E-state index contributed by atoms with van der Waals surface area (Å²) in [5, 5.41) is 3.29. The Hall–Kier alpha value is -0.120. The van der Waals surface area contributed by atoms with Gasteiger partial charge >= 0.3 is 0 Å². The van der Waals surface area contributed by atoms with Crippen molar-refractivity contribution in [2.45, 2.75) is 39.1 Å². The van der Waals surface area contributed by atoms with Crippen molar-refractivity contribution < 1.29 is 0 Å². The number of likely N-dealkylation sites (tertiary alicyclic amines) is 1. The van der Waals surface area contributed by atoms with Crippen LogP contribution in [0.1, 0.15) is 43.9 Å². The minimum Gasteiger partial charge on any atom is -0.294 e. The molecule has 1 aliphatic heterocycles. The average Bonchev–Trinajstić information content (AvgIpc) is 2.97. The molecule has 2 nitrogen and oxygen atoms in total. The molecule has 1 fully saturated rings. The summed E-state index contributed by atoms with van der Waals surface area (Å²) in [6, 6.07) is 0.445. The quantitative estimate of drug-likeness (QED) is 0.773. The maximum absolute atomic E-state index is 5.80. The number of hydrogen-bond donors (Lipinski definition) is 0. The molecule has 1 saturated heterocycles. The van der Waals surface area contributed by atoms with Crippen molar-refractivity contribution in [1.82, 2.24) is 9.88 Å². The van der Waals surface area contributed by atoms with Crippen LogP contribution in [0, 0.1) is 11.8 Å². The van der Waals surface area contributed by atoms with Crippen LogP contribution in [0.25, 0.3) is 0 Å². The minimum atomic E-state index is 0.445. The van der Waals surface area contributed by atoms with Gasteiger partial charge in [0.25, 0.3) is 0 Å². The highest BCUT2D eigenvalue weighted by Crippen LogP contribution is 2.32. The molecule has 4 heteroatoms.